The molecule has 0 N–H and O–H groups in total. The molecule has 0 heterocycles. The Balaban J connectivity index is 1.74. The van der Waals surface area contributed by atoms with Crippen LogP contribution in [0.4, 0.5) is 0 Å². The molecule has 0 bridgehead atoms. The maximum Gasteiger partial charge on any atom is 0.647 e. The summed E-state index contributed by atoms with van der Waals surface area (Å²) in [5, 5.41) is 1.81. The molecule has 4 rings (SSSR count). The minimum absolute atomic E-state index is 0.423. The van der Waals surface area contributed by atoms with Crippen LogP contribution in [-0.4, -0.2) is 0 Å². The number of hydrogen-bond acceptors (Lipinski definition) is 4. The van der Waals surface area contributed by atoms with Crippen molar-refractivity contribution in [3.8, 4) is 17.2 Å². The second-order valence-electron chi connectivity index (χ2n) is 7.42. The fourth-order valence-corrected chi connectivity index (χ4v) is 4.83. The van der Waals surface area contributed by atoms with Crippen LogP contribution >= 0.6 is 7.82 Å². The normalized spacial score (nSPS) is 12.9. The summed E-state index contributed by atoms with van der Waals surface area (Å²) < 4.78 is 31.8. The van der Waals surface area contributed by atoms with Gasteiger partial charge < -0.3 is 13.6 Å². The first-order valence-corrected chi connectivity index (χ1v) is 11.8. The summed E-state index contributed by atoms with van der Waals surface area (Å²) in [5.74, 6) is 1.36. The van der Waals surface area contributed by atoms with E-state index in [9.17, 15) is 4.57 Å². The number of aryl methyl sites for hydroxylation is 3. The lowest BCUT2D eigenvalue weighted by atomic mass is 10.1. The molecular weight excluding hydrogens is 407 g/mol. The van der Waals surface area contributed by atoms with Crippen LogP contribution in [0.5, 0.6) is 17.2 Å². The topological polar surface area (TPSA) is 44.8 Å². The Hall–Kier alpha value is -3.23. The molecule has 0 aromatic heterocycles. The summed E-state index contributed by atoms with van der Waals surface area (Å²) in [5.41, 5.74) is 2.87. The Morgan fingerprint density at radius 2 is 1.35 bits per heavy atom. The maximum absolute atomic E-state index is 14.0. The smallest absolute Gasteiger partial charge is 0.386 e. The molecule has 5 heteroatoms. The van der Waals surface area contributed by atoms with E-state index in [0.717, 1.165) is 33.9 Å². The Labute approximate surface area is 183 Å². The molecule has 0 amide bonds. The second-order valence-corrected chi connectivity index (χ2v) is 8.86. The number of phosphoric acid groups is 1. The lowest BCUT2D eigenvalue weighted by Crippen LogP contribution is -2.09. The molecule has 0 saturated heterocycles. The molecule has 0 aliphatic heterocycles. The zero-order valence-corrected chi connectivity index (χ0v) is 18.8. The van der Waals surface area contributed by atoms with Gasteiger partial charge in [0.2, 0.25) is 0 Å². The van der Waals surface area contributed by atoms with Crippen molar-refractivity contribution >= 4 is 18.6 Å². The van der Waals surface area contributed by atoms with E-state index in [0.29, 0.717) is 17.2 Å². The largest absolute Gasteiger partial charge is 0.647 e. The van der Waals surface area contributed by atoms with Crippen LogP contribution in [0.25, 0.3) is 10.8 Å². The SMILES string of the molecule is CCc1ccc(OP(=O)(Oc2c(C)cccc2C)Oc2cccc3ccccc23)cc1. The molecule has 0 spiro atoms. The molecule has 0 radical (unpaired) electrons. The van der Waals surface area contributed by atoms with Crippen LogP contribution in [0.15, 0.2) is 84.9 Å². The maximum atomic E-state index is 14.0. The monoisotopic (exact) mass is 432 g/mol. The Bertz CT molecular complexity index is 1220. The molecule has 4 aromatic rings. The van der Waals surface area contributed by atoms with Gasteiger partial charge in [-0.05, 0) is 60.5 Å². The molecule has 0 aliphatic carbocycles. The average Bonchev–Trinajstić information content (AvgIpc) is 2.77. The highest BCUT2D eigenvalue weighted by molar-refractivity contribution is 7.49. The van der Waals surface area contributed by atoms with Gasteiger partial charge in [-0.2, -0.15) is 4.57 Å². The zero-order chi connectivity index (χ0) is 21.8. The van der Waals surface area contributed by atoms with Crippen molar-refractivity contribution in [1.29, 1.82) is 0 Å². The highest BCUT2D eigenvalue weighted by atomic mass is 31.2. The first-order chi connectivity index (χ1) is 15.0. The van der Waals surface area contributed by atoms with Crippen molar-refractivity contribution in [2.45, 2.75) is 27.2 Å². The first kappa shape index (κ1) is 21.0. The number of hydrogen-bond donors (Lipinski definition) is 0. The summed E-state index contributed by atoms with van der Waals surface area (Å²) in [6.45, 7) is 5.88. The van der Waals surface area contributed by atoms with Gasteiger partial charge in [-0.3, -0.25) is 0 Å². The number of phosphoric ester groups is 1. The van der Waals surface area contributed by atoms with Gasteiger partial charge in [0, 0.05) is 5.39 Å². The average molecular weight is 432 g/mol. The molecule has 31 heavy (non-hydrogen) atoms. The number of benzene rings is 4. The van der Waals surface area contributed by atoms with Crippen LogP contribution < -0.4 is 13.6 Å². The minimum atomic E-state index is -4.07. The molecule has 4 nitrogen and oxygen atoms in total. The highest BCUT2D eigenvalue weighted by Gasteiger charge is 2.34. The molecule has 0 fully saturated rings. The summed E-state index contributed by atoms with van der Waals surface area (Å²) in [4.78, 5) is 0. The lowest BCUT2D eigenvalue weighted by Gasteiger charge is -2.22. The number of para-hydroxylation sites is 1. The summed E-state index contributed by atoms with van der Waals surface area (Å²) in [6.07, 6.45) is 0.906. The highest BCUT2D eigenvalue weighted by Crippen LogP contribution is 2.52. The molecule has 4 aromatic carbocycles. The van der Waals surface area contributed by atoms with Gasteiger partial charge >= 0.3 is 7.82 Å². The van der Waals surface area contributed by atoms with Gasteiger partial charge in [0.1, 0.15) is 17.2 Å². The second kappa shape index (κ2) is 8.87. The Morgan fingerprint density at radius 1 is 0.710 bits per heavy atom. The summed E-state index contributed by atoms with van der Waals surface area (Å²) in [6, 6.07) is 26.5. The first-order valence-electron chi connectivity index (χ1n) is 10.3. The third-order valence-electron chi connectivity index (χ3n) is 5.12. The van der Waals surface area contributed by atoms with Crippen LogP contribution in [0.1, 0.15) is 23.6 Å². The van der Waals surface area contributed by atoms with E-state index in [-0.39, 0.29) is 0 Å². The predicted octanol–water partition coefficient (Wildman–Crippen LogP) is 7.66. The van der Waals surface area contributed by atoms with Crippen molar-refractivity contribution in [1.82, 2.24) is 0 Å². The predicted molar refractivity (Wildman–Crippen MR) is 125 cm³/mol. The molecular formula is C26H25O4P. The standard InChI is InChI=1S/C26H25O4P/c1-4-21-15-17-23(18-16-21)28-31(27,30-26-19(2)9-7-10-20(26)3)29-25-14-8-12-22-11-5-6-13-24(22)25/h5-18H,4H2,1-3H3. The molecule has 1 atom stereocenters. The number of fused-ring (bicyclic) bond motifs is 1. The minimum Gasteiger partial charge on any atom is -0.386 e. The zero-order valence-electron chi connectivity index (χ0n) is 17.9. The third-order valence-corrected chi connectivity index (χ3v) is 6.38. The van der Waals surface area contributed by atoms with Crippen molar-refractivity contribution in [3.63, 3.8) is 0 Å². The van der Waals surface area contributed by atoms with Gasteiger partial charge in [-0.1, -0.05) is 73.7 Å². The van der Waals surface area contributed by atoms with E-state index in [1.807, 2.05) is 80.6 Å². The summed E-state index contributed by atoms with van der Waals surface area (Å²) in [7, 11) is -4.07. The van der Waals surface area contributed by atoms with Crippen molar-refractivity contribution < 1.29 is 18.1 Å². The Morgan fingerprint density at radius 3 is 2.06 bits per heavy atom. The summed E-state index contributed by atoms with van der Waals surface area (Å²) >= 11 is 0. The van der Waals surface area contributed by atoms with Crippen molar-refractivity contribution in [2.75, 3.05) is 0 Å². The molecule has 158 valence electrons. The fourth-order valence-electron chi connectivity index (χ4n) is 3.42. The van der Waals surface area contributed by atoms with E-state index in [2.05, 4.69) is 6.92 Å². The van der Waals surface area contributed by atoms with E-state index < -0.39 is 7.82 Å². The third kappa shape index (κ3) is 4.76. The quantitative estimate of drug-likeness (QED) is 0.281. The van der Waals surface area contributed by atoms with E-state index in [4.69, 9.17) is 13.6 Å². The van der Waals surface area contributed by atoms with Crippen molar-refractivity contribution in [2.24, 2.45) is 0 Å². The van der Waals surface area contributed by atoms with Crippen LogP contribution in [0, 0.1) is 13.8 Å². The Kier molecular flexibility index (Phi) is 6.01. The van der Waals surface area contributed by atoms with Gasteiger partial charge in [-0.15, -0.1) is 0 Å². The lowest BCUT2D eigenvalue weighted by molar-refractivity contribution is 0.298. The van der Waals surface area contributed by atoms with Crippen LogP contribution in [0.3, 0.4) is 0 Å². The van der Waals surface area contributed by atoms with Gasteiger partial charge in [-0.25, -0.2) is 0 Å². The fraction of sp³-hybridized carbons (Fsp3) is 0.154. The number of rotatable bonds is 7. The van der Waals surface area contributed by atoms with Gasteiger partial charge in [0.25, 0.3) is 0 Å². The van der Waals surface area contributed by atoms with Crippen LogP contribution in [-0.2, 0) is 11.0 Å². The van der Waals surface area contributed by atoms with E-state index in [1.165, 1.54) is 0 Å². The van der Waals surface area contributed by atoms with Gasteiger partial charge in [0.05, 0.1) is 0 Å². The van der Waals surface area contributed by atoms with E-state index in [1.54, 1.807) is 18.2 Å². The molecule has 0 aliphatic rings. The molecule has 1 unspecified atom stereocenters. The van der Waals surface area contributed by atoms with Gasteiger partial charge in [0.15, 0.2) is 0 Å². The molecule has 0 saturated carbocycles. The van der Waals surface area contributed by atoms with Crippen molar-refractivity contribution in [3.05, 3.63) is 102 Å². The van der Waals surface area contributed by atoms with E-state index >= 15 is 0 Å². The van der Waals surface area contributed by atoms with Crippen LogP contribution in [0.2, 0.25) is 0 Å².